The molecule has 8 heteroatoms. The van der Waals surface area contributed by atoms with Gasteiger partial charge in [-0.2, -0.15) is 0 Å². The normalized spacial score (nSPS) is 21.5. The molecule has 0 radical (unpaired) electrons. The number of carbonyl (C=O) groups excluding carboxylic acids is 1. The van der Waals surface area contributed by atoms with Crippen LogP contribution in [-0.4, -0.2) is 56.3 Å². The van der Waals surface area contributed by atoms with Crippen LogP contribution in [0.5, 0.6) is 0 Å². The monoisotopic (exact) mass is 357 g/mol. The molecule has 1 saturated heterocycles. The number of amides is 1. The van der Waals surface area contributed by atoms with Gasteiger partial charge in [-0.3, -0.25) is 9.69 Å². The molecule has 1 aromatic heterocycles. The molecular formula is C15H23N3O3S2. The van der Waals surface area contributed by atoms with Gasteiger partial charge in [0.15, 0.2) is 0 Å². The molecule has 2 N–H and O–H groups in total. The smallest absolute Gasteiger partial charge is 0.265 e. The maximum absolute atomic E-state index is 12.7. The van der Waals surface area contributed by atoms with Gasteiger partial charge in [0.05, 0.1) is 0 Å². The van der Waals surface area contributed by atoms with Crippen LogP contribution in [0.15, 0.2) is 16.3 Å². The molecule has 23 heavy (non-hydrogen) atoms. The van der Waals surface area contributed by atoms with Crippen LogP contribution in [0.2, 0.25) is 0 Å². The van der Waals surface area contributed by atoms with Gasteiger partial charge in [-0.15, -0.1) is 11.3 Å². The van der Waals surface area contributed by atoms with Crippen molar-refractivity contribution in [2.75, 3.05) is 26.2 Å². The first-order chi connectivity index (χ1) is 11.0. The molecule has 1 saturated carbocycles. The highest BCUT2D eigenvalue weighted by Gasteiger charge is 2.29. The number of sulfonamides is 1. The van der Waals surface area contributed by atoms with Gasteiger partial charge in [0, 0.05) is 32.2 Å². The molecule has 0 aromatic carbocycles. The number of hydrogen-bond acceptors (Lipinski definition) is 5. The molecule has 0 spiro atoms. The van der Waals surface area contributed by atoms with Gasteiger partial charge in [-0.1, -0.05) is 12.8 Å². The maximum Gasteiger partial charge on any atom is 0.265 e. The Morgan fingerprint density at radius 2 is 1.87 bits per heavy atom. The van der Waals surface area contributed by atoms with Crippen LogP contribution in [0.4, 0.5) is 0 Å². The zero-order valence-corrected chi connectivity index (χ0v) is 14.7. The quantitative estimate of drug-likeness (QED) is 0.888. The number of thiophene rings is 1. The summed E-state index contributed by atoms with van der Waals surface area (Å²) in [7, 11) is -3.85. The molecule has 1 aliphatic heterocycles. The first-order valence-corrected chi connectivity index (χ1v) is 10.5. The fraction of sp³-hybridized carbons (Fsp3) is 0.667. The van der Waals surface area contributed by atoms with Gasteiger partial charge < -0.3 is 4.90 Å². The lowest BCUT2D eigenvalue weighted by atomic mass is 10.2. The van der Waals surface area contributed by atoms with E-state index in [9.17, 15) is 13.2 Å². The van der Waals surface area contributed by atoms with Crippen molar-refractivity contribution < 1.29 is 13.2 Å². The molecule has 1 aromatic rings. The first kappa shape index (κ1) is 16.9. The number of nitrogens with two attached hydrogens (primary N) is 1. The third kappa shape index (κ3) is 3.76. The number of nitrogens with zero attached hydrogens (tertiary/aromatic N) is 2. The second-order valence-electron chi connectivity index (χ2n) is 6.28. The molecule has 2 heterocycles. The third-order valence-corrected chi connectivity index (χ3v) is 6.77. The fourth-order valence-corrected chi connectivity index (χ4v) is 5.53. The minimum absolute atomic E-state index is 0.0515. The Morgan fingerprint density at radius 3 is 2.57 bits per heavy atom. The van der Waals surface area contributed by atoms with Crippen LogP contribution in [0, 0.1) is 0 Å². The summed E-state index contributed by atoms with van der Waals surface area (Å²) in [5.74, 6) is -0.211. The van der Waals surface area contributed by atoms with E-state index in [4.69, 9.17) is 5.14 Å². The topological polar surface area (TPSA) is 83.7 Å². The molecule has 0 atom stereocenters. The van der Waals surface area contributed by atoms with E-state index in [1.807, 2.05) is 0 Å². The van der Waals surface area contributed by atoms with Crippen molar-refractivity contribution in [1.29, 1.82) is 0 Å². The van der Waals surface area contributed by atoms with Crippen LogP contribution >= 0.6 is 11.3 Å². The summed E-state index contributed by atoms with van der Waals surface area (Å²) < 4.78 is 23.2. The Bertz CT molecular complexity index is 665. The third-order valence-electron chi connectivity index (χ3n) is 4.79. The van der Waals surface area contributed by atoms with E-state index < -0.39 is 10.0 Å². The van der Waals surface area contributed by atoms with E-state index in [1.165, 1.54) is 31.7 Å². The predicted molar refractivity (Wildman–Crippen MR) is 90.0 cm³/mol. The average Bonchev–Trinajstić information content (AvgIpc) is 3.13. The summed E-state index contributed by atoms with van der Waals surface area (Å²) in [6.07, 6.45) is 6.05. The van der Waals surface area contributed by atoms with Gasteiger partial charge in [0.1, 0.15) is 9.77 Å². The van der Waals surface area contributed by atoms with Crippen molar-refractivity contribution in [2.45, 2.75) is 43.0 Å². The minimum Gasteiger partial charge on any atom is -0.337 e. The SMILES string of the molecule is NS(=O)(=O)c1ccsc1C(=O)N1CCCN(C2CCCC2)CC1. The summed E-state index contributed by atoms with van der Waals surface area (Å²) in [4.78, 5) is 17.2. The number of carbonyl (C=O) groups is 1. The Labute approximate surface area is 141 Å². The lowest BCUT2D eigenvalue weighted by Crippen LogP contribution is -2.38. The summed E-state index contributed by atoms with van der Waals surface area (Å²) in [5, 5.41) is 6.81. The van der Waals surface area contributed by atoms with Crippen molar-refractivity contribution in [3.8, 4) is 0 Å². The summed E-state index contributed by atoms with van der Waals surface area (Å²) in [6, 6.07) is 2.07. The van der Waals surface area contributed by atoms with Gasteiger partial charge in [0.2, 0.25) is 10.0 Å². The number of hydrogen-bond donors (Lipinski definition) is 1. The Hall–Kier alpha value is -0.960. The standard InChI is InChI=1S/C15H23N3O3S2/c16-23(20,21)13-6-11-22-14(13)15(19)18-8-3-7-17(9-10-18)12-4-1-2-5-12/h6,11-12H,1-5,7-10H2,(H2,16,20,21). The van der Waals surface area contributed by atoms with Crippen LogP contribution in [0.1, 0.15) is 41.8 Å². The van der Waals surface area contributed by atoms with Crippen LogP contribution in [0.25, 0.3) is 0 Å². The van der Waals surface area contributed by atoms with Crippen molar-refractivity contribution in [1.82, 2.24) is 9.80 Å². The summed E-state index contributed by atoms with van der Waals surface area (Å²) >= 11 is 1.15. The molecule has 6 nitrogen and oxygen atoms in total. The lowest BCUT2D eigenvalue weighted by molar-refractivity contribution is 0.0759. The molecule has 1 amide bonds. The first-order valence-electron chi connectivity index (χ1n) is 8.10. The molecule has 2 aliphatic rings. The Balaban J connectivity index is 1.70. The van der Waals surface area contributed by atoms with Gasteiger partial charge >= 0.3 is 0 Å². The Morgan fingerprint density at radius 1 is 1.13 bits per heavy atom. The van der Waals surface area contributed by atoms with E-state index in [2.05, 4.69) is 4.90 Å². The van der Waals surface area contributed by atoms with Crippen molar-refractivity contribution >= 4 is 27.3 Å². The number of rotatable bonds is 3. The summed E-state index contributed by atoms with van der Waals surface area (Å²) in [5.41, 5.74) is 0. The van der Waals surface area contributed by atoms with Crippen molar-refractivity contribution in [2.24, 2.45) is 5.14 Å². The van der Waals surface area contributed by atoms with E-state index >= 15 is 0 Å². The van der Waals surface area contributed by atoms with Crippen LogP contribution in [0.3, 0.4) is 0 Å². The zero-order valence-electron chi connectivity index (χ0n) is 13.1. The van der Waals surface area contributed by atoms with Crippen molar-refractivity contribution in [3.05, 3.63) is 16.3 Å². The average molecular weight is 358 g/mol. The highest BCUT2D eigenvalue weighted by atomic mass is 32.2. The van der Waals surface area contributed by atoms with Gasteiger partial charge in [0.25, 0.3) is 5.91 Å². The molecule has 3 rings (SSSR count). The Kier molecular flexibility index (Phi) is 5.05. The van der Waals surface area contributed by atoms with E-state index in [0.29, 0.717) is 19.1 Å². The van der Waals surface area contributed by atoms with E-state index in [0.717, 1.165) is 30.8 Å². The minimum atomic E-state index is -3.85. The largest absolute Gasteiger partial charge is 0.337 e. The molecular weight excluding hydrogens is 334 g/mol. The lowest BCUT2D eigenvalue weighted by Gasteiger charge is -2.27. The predicted octanol–water partition coefficient (Wildman–Crippen LogP) is 1.49. The molecule has 2 fully saturated rings. The second-order valence-corrected chi connectivity index (χ2v) is 8.72. The highest BCUT2D eigenvalue weighted by molar-refractivity contribution is 7.89. The van der Waals surface area contributed by atoms with Gasteiger partial charge in [-0.05, 0) is 30.7 Å². The highest BCUT2D eigenvalue weighted by Crippen LogP contribution is 2.26. The molecule has 1 aliphatic carbocycles. The summed E-state index contributed by atoms with van der Waals surface area (Å²) in [6.45, 7) is 3.20. The van der Waals surface area contributed by atoms with E-state index in [1.54, 1.807) is 10.3 Å². The molecule has 0 bridgehead atoms. The molecule has 128 valence electrons. The van der Waals surface area contributed by atoms with Crippen LogP contribution in [-0.2, 0) is 10.0 Å². The van der Waals surface area contributed by atoms with Gasteiger partial charge in [-0.25, -0.2) is 13.6 Å². The maximum atomic E-state index is 12.7. The van der Waals surface area contributed by atoms with E-state index in [-0.39, 0.29) is 15.7 Å². The van der Waals surface area contributed by atoms with Crippen LogP contribution < -0.4 is 5.14 Å². The molecule has 0 unspecified atom stereocenters. The fourth-order valence-electron chi connectivity index (χ4n) is 3.60. The zero-order chi connectivity index (χ0) is 16.4. The second kappa shape index (κ2) is 6.88. The number of primary sulfonamides is 1. The van der Waals surface area contributed by atoms with Crippen molar-refractivity contribution in [3.63, 3.8) is 0 Å².